The van der Waals surface area contributed by atoms with Gasteiger partial charge in [0.2, 0.25) is 5.91 Å². The fourth-order valence-electron chi connectivity index (χ4n) is 3.42. The van der Waals surface area contributed by atoms with Crippen LogP contribution in [0, 0.1) is 20.8 Å². The molecule has 0 unspecified atom stereocenters. The molecule has 6 heteroatoms. The van der Waals surface area contributed by atoms with E-state index in [1.165, 1.54) is 0 Å². The standard InChI is InChI=1S/C25H27ClN2O3/c1-5-31-25(30)21-15-23(19-9-6-16(2)7-10-19)28(18(21)4)13-12-24(29)27-20-11-8-17(3)22(26)14-20/h6-11,14-15H,5,12-13H2,1-4H3,(H,27,29). The predicted octanol–water partition coefficient (Wildman–Crippen LogP) is 5.94. The van der Waals surface area contributed by atoms with Crippen molar-refractivity contribution in [2.75, 3.05) is 11.9 Å². The van der Waals surface area contributed by atoms with Crippen molar-refractivity contribution < 1.29 is 14.3 Å². The fraction of sp³-hybridized carbons (Fsp3) is 0.280. The number of halogens is 1. The normalized spacial score (nSPS) is 10.7. The molecule has 0 saturated heterocycles. The Kier molecular flexibility index (Phi) is 7.18. The van der Waals surface area contributed by atoms with Gasteiger partial charge in [-0.2, -0.15) is 0 Å². The molecule has 5 nitrogen and oxygen atoms in total. The van der Waals surface area contributed by atoms with Crippen LogP contribution in [0.4, 0.5) is 5.69 Å². The Bertz CT molecular complexity index is 1100. The van der Waals surface area contributed by atoms with Crippen LogP contribution in [0.15, 0.2) is 48.5 Å². The molecule has 31 heavy (non-hydrogen) atoms. The van der Waals surface area contributed by atoms with E-state index in [4.69, 9.17) is 16.3 Å². The molecule has 0 atom stereocenters. The number of hydrogen-bond acceptors (Lipinski definition) is 3. The summed E-state index contributed by atoms with van der Waals surface area (Å²) < 4.78 is 7.21. The zero-order valence-electron chi connectivity index (χ0n) is 18.3. The molecule has 0 bridgehead atoms. The summed E-state index contributed by atoms with van der Waals surface area (Å²) in [4.78, 5) is 25.0. The second-order valence-corrected chi connectivity index (χ2v) is 7.94. The minimum atomic E-state index is -0.356. The van der Waals surface area contributed by atoms with Gasteiger partial charge in [-0.15, -0.1) is 0 Å². The minimum Gasteiger partial charge on any atom is -0.462 e. The number of hydrogen-bond donors (Lipinski definition) is 1. The lowest BCUT2D eigenvalue weighted by Gasteiger charge is -2.13. The summed E-state index contributed by atoms with van der Waals surface area (Å²) in [5, 5.41) is 3.50. The van der Waals surface area contributed by atoms with Crippen molar-refractivity contribution in [3.05, 3.63) is 75.9 Å². The van der Waals surface area contributed by atoms with Gasteiger partial charge in [-0.3, -0.25) is 4.79 Å². The first kappa shape index (κ1) is 22.6. The van der Waals surface area contributed by atoms with Crippen LogP contribution in [0.3, 0.4) is 0 Å². The average Bonchev–Trinajstić information content (AvgIpc) is 3.06. The number of rotatable bonds is 7. The highest BCUT2D eigenvalue weighted by molar-refractivity contribution is 6.31. The number of carbonyl (C=O) groups excluding carboxylic acids is 2. The number of carbonyl (C=O) groups is 2. The van der Waals surface area contributed by atoms with Gasteiger partial charge in [-0.1, -0.05) is 47.5 Å². The van der Waals surface area contributed by atoms with Crippen LogP contribution in [0.5, 0.6) is 0 Å². The Hall–Kier alpha value is -3.05. The topological polar surface area (TPSA) is 60.3 Å². The van der Waals surface area contributed by atoms with E-state index in [0.717, 1.165) is 28.1 Å². The molecule has 1 heterocycles. The predicted molar refractivity (Wildman–Crippen MR) is 125 cm³/mol. The van der Waals surface area contributed by atoms with Gasteiger partial charge in [0.15, 0.2) is 0 Å². The van der Waals surface area contributed by atoms with Crippen LogP contribution in [0.2, 0.25) is 5.02 Å². The molecule has 0 aliphatic heterocycles. The van der Waals surface area contributed by atoms with E-state index in [9.17, 15) is 9.59 Å². The maximum Gasteiger partial charge on any atom is 0.339 e. The molecule has 162 valence electrons. The molecule has 0 aliphatic carbocycles. The summed E-state index contributed by atoms with van der Waals surface area (Å²) in [6, 6.07) is 15.4. The number of benzene rings is 2. The minimum absolute atomic E-state index is 0.124. The Balaban J connectivity index is 1.84. The monoisotopic (exact) mass is 438 g/mol. The molecule has 1 amide bonds. The molecule has 3 rings (SSSR count). The number of ether oxygens (including phenoxy) is 1. The zero-order valence-corrected chi connectivity index (χ0v) is 19.0. The number of esters is 1. The van der Waals surface area contributed by atoms with Gasteiger partial charge in [0, 0.05) is 35.1 Å². The van der Waals surface area contributed by atoms with E-state index in [-0.39, 0.29) is 18.3 Å². The van der Waals surface area contributed by atoms with E-state index < -0.39 is 0 Å². The van der Waals surface area contributed by atoms with Crippen molar-refractivity contribution in [3.63, 3.8) is 0 Å². The first-order chi connectivity index (χ1) is 14.8. The van der Waals surface area contributed by atoms with Crippen molar-refractivity contribution in [1.82, 2.24) is 4.57 Å². The quantitative estimate of drug-likeness (QED) is 0.464. The van der Waals surface area contributed by atoms with E-state index in [1.807, 2.05) is 67.8 Å². The highest BCUT2D eigenvalue weighted by atomic mass is 35.5. The molecule has 0 radical (unpaired) electrons. The highest BCUT2D eigenvalue weighted by Crippen LogP contribution is 2.27. The number of nitrogens with zero attached hydrogens (tertiary/aromatic N) is 1. The molecule has 3 aromatic rings. The third-order valence-corrected chi connectivity index (χ3v) is 5.63. The molecule has 0 aliphatic rings. The molecule has 0 saturated carbocycles. The van der Waals surface area contributed by atoms with Gasteiger partial charge in [0.1, 0.15) is 0 Å². The molecule has 1 aromatic heterocycles. The van der Waals surface area contributed by atoms with Gasteiger partial charge in [0.05, 0.1) is 12.2 Å². The first-order valence-electron chi connectivity index (χ1n) is 10.3. The molecular formula is C25H27ClN2O3. The summed E-state index contributed by atoms with van der Waals surface area (Å²) in [5.74, 6) is -0.480. The lowest BCUT2D eigenvalue weighted by Crippen LogP contribution is -2.16. The summed E-state index contributed by atoms with van der Waals surface area (Å²) in [7, 11) is 0. The largest absolute Gasteiger partial charge is 0.462 e. The summed E-state index contributed by atoms with van der Waals surface area (Å²) in [6.45, 7) is 8.34. The molecule has 0 spiro atoms. The highest BCUT2D eigenvalue weighted by Gasteiger charge is 2.20. The van der Waals surface area contributed by atoms with Gasteiger partial charge in [-0.25, -0.2) is 4.79 Å². The second kappa shape index (κ2) is 9.84. The van der Waals surface area contributed by atoms with Crippen LogP contribution in [-0.2, 0) is 16.1 Å². The SMILES string of the molecule is CCOC(=O)c1cc(-c2ccc(C)cc2)n(CCC(=O)Nc2ccc(C)c(Cl)c2)c1C. The first-order valence-corrected chi connectivity index (χ1v) is 10.7. The Morgan fingerprint density at radius 3 is 2.39 bits per heavy atom. The fourth-order valence-corrected chi connectivity index (χ4v) is 3.60. The van der Waals surface area contributed by atoms with Crippen molar-refractivity contribution in [3.8, 4) is 11.3 Å². The maximum atomic E-state index is 12.6. The lowest BCUT2D eigenvalue weighted by molar-refractivity contribution is -0.116. The van der Waals surface area contributed by atoms with E-state index in [2.05, 4.69) is 5.32 Å². The van der Waals surface area contributed by atoms with Crippen molar-refractivity contribution in [2.45, 2.75) is 40.7 Å². The molecule has 1 N–H and O–H groups in total. The van der Waals surface area contributed by atoms with Crippen molar-refractivity contribution in [1.29, 1.82) is 0 Å². The number of aryl methyl sites for hydroxylation is 2. The molecule has 2 aromatic carbocycles. The Labute approximate surface area is 188 Å². The van der Waals surface area contributed by atoms with E-state index >= 15 is 0 Å². The number of amides is 1. The van der Waals surface area contributed by atoms with Crippen LogP contribution >= 0.6 is 11.6 Å². The summed E-state index contributed by atoms with van der Waals surface area (Å²) >= 11 is 6.15. The van der Waals surface area contributed by atoms with Crippen molar-refractivity contribution >= 4 is 29.2 Å². The lowest BCUT2D eigenvalue weighted by atomic mass is 10.1. The van der Waals surface area contributed by atoms with Crippen LogP contribution < -0.4 is 5.32 Å². The number of nitrogens with one attached hydrogen (secondary N) is 1. The number of anilines is 1. The van der Waals surface area contributed by atoms with Crippen LogP contribution in [0.25, 0.3) is 11.3 Å². The van der Waals surface area contributed by atoms with E-state index in [1.54, 1.807) is 13.0 Å². The molecule has 0 fully saturated rings. The average molecular weight is 439 g/mol. The van der Waals surface area contributed by atoms with Crippen LogP contribution in [-0.4, -0.2) is 23.1 Å². The maximum absolute atomic E-state index is 12.6. The number of aromatic nitrogens is 1. The Morgan fingerprint density at radius 2 is 1.74 bits per heavy atom. The van der Waals surface area contributed by atoms with Gasteiger partial charge < -0.3 is 14.6 Å². The Morgan fingerprint density at radius 1 is 1.03 bits per heavy atom. The third kappa shape index (κ3) is 5.36. The van der Waals surface area contributed by atoms with Crippen LogP contribution in [0.1, 0.15) is 40.5 Å². The molecular weight excluding hydrogens is 412 g/mol. The second-order valence-electron chi connectivity index (χ2n) is 7.53. The van der Waals surface area contributed by atoms with Gasteiger partial charge in [0.25, 0.3) is 0 Å². The van der Waals surface area contributed by atoms with Gasteiger partial charge >= 0.3 is 5.97 Å². The van der Waals surface area contributed by atoms with Crippen molar-refractivity contribution in [2.24, 2.45) is 0 Å². The smallest absolute Gasteiger partial charge is 0.339 e. The van der Waals surface area contributed by atoms with E-state index in [0.29, 0.717) is 29.4 Å². The zero-order chi connectivity index (χ0) is 22.5. The van der Waals surface area contributed by atoms with Gasteiger partial charge in [-0.05, 0) is 57.0 Å². The third-order valence-electron chi connectivity index (χ3n) is 5.23. The summed E-state index contributed by atoms with van der Waals surface area (Å²) in [6.07, 6.45) is 0.252. The summed E-state index contributed by atoms with van der Waals surface area (Å²) in [5.41, 5.74) is 5.93.